The third-order valence-electron chi connectivity index (χ3n) is 3.68. The Hall–Kier alpha value is -0.710. The highest BCUT2D eigenvalue weighted by molar-refractivity contribution is 7.99. The second-order valence-electron chi connectivity index (χ2n) is 4.77. The molecule has 1 saturated heterocycles. The minimum atomic E-state index is -0.801. The smallest absolute Gasteiger partial charge is 0.307 e. The highest BCUT2D eigenvalue weighted by Gasteiger charge is 2.39. The number of carboxylic acids is 1. The summed E-state index contributed by atoms with van der Waals surface area (Å²) in [7, 11) is 0. The van der Waals surface area contributed by atoms with E-state index >= 15 is 0 Å². The van der Waals surface area contributed by atoms with E-state index in [9.17, 15) is 9.59 Å². The third-order valence-corrected chi connectivity index (χ3v) is 4.73. The zero-order valence-electron chi connectivity index (χ0n) is 9.93. The quantitative estimate of drug-likeness (QED) is 0.813. The fourth-order valence-corrected chi connectivity index (χ4v) is 3.64. The van der Waals surface area contributed by atoms with Crippen molar-refractivity contribution in [3.63, 3.8) is 0 Å². The maximum Gasteiger partial charge on any atom is 0.307 e. The molecule has 1 N–H and O–H groups in total. The van der Waals surface area contributed by atoms with Crippen LogP contribution in [-0.2, 0) is 9.59 Å². The lowest BCUT2D eigenvalue weighted by Crippen LogP contribution is -2.40. The van der Waals surface area contributed by atoms with Gasteiger partial charge in [0.05, 0.1) is 11.8 Å². The molecule has 17 heavy (non-hydrogen) atoms. The van der Waals surface area contributed by atoms with Crippen LogP contribution in [0.5, 0.6) is 0 Å². The van der Waals surface area contributed by atoms with Crippen molar-refractivity contribution in [1.29, 1.82) is 0 Å². The lowest BCUT2D eigenvalue weighted by Gasteiger charge is -2.25. The number of nitrogens with zero attached hydrogens (tertiary/aromatic N) is 1. The Balaban J connectivity index is 2.00. The van der Waals surface area contributed by atoms with Crippen molar-refractivity contribution in [3.05, 3.63) is 0 Å². The van der Waals surface area contributed by atoms with Gasteiger partial charge in [0.15, 0.2) is 0 Å². The predicted molar refractivity (Wildman–Crippen MR) is 67.0 cm³/mol. The predicted octanol–water partition coefficient (Wildman–Crippen LogP) is 1.45. The molecule has 1 aliphatic carbocycles. The number of rotatable bonds is 2. The van der Waals surface area contributed by atoms with E-state index in [4.69, 9.17) is 5.11 Å². The lowest BCUT2D eigenvalue weighted by molar-refractivity contribution is -0.149. The van der Waals surface area contributed by atoms with Crippen molar-refractivity contribution in [2.45, 2.75) is 25.7 Å². The number of aliphatic carboxylic acids is 1. The average molecular weight is 257 g/mol. The van der Waals surface area contributed by atoms with E-state index in [0.717, 1.165) is 43.9 Å². The Morgan fingerprint density at radius 1 is 1.06 bits per heavy atom. The van der Waals surface area contributed by atoms with E-state index in [-0.39, 0.29) is 11.8 Å². The first-order valence-corrected chi connectivity index (χ1v) is 7.45. The Bertz CT molecular complexity index is 300. The molecule has 1 saturated carbocycles. The molecule has 1 heterocycles. The average Bonchev–Trinajstić information content (AvgIpc) is 2.64. The van der Waals surface area contributed by atoms with Gasteiger partial charge in [-0.3, -0.25) is 9.59 Å². The Labute approximate surface area is 106 Å². The molecule has 0 aromatic heterocycles. The van der Waals surface area contributed by atoms with E-state index in [0.29, 0.717) is 6.42 Å². The molecule has 1 aliphatic heterocycles. The number of hydrogen-bond acceptors (Lipinski definition) is 3. The topological polar surface area (TPSA) is 57.6 Å². The summed E-state index contributed by atoms with van der Waals surface area (Å²) in [5, 5.41) is 9.11. The van der Waals surface area contributed by atoms with E-state index in [2.05, 4.69) is 0 Å². The molecule has 2 rings (SSSR count). The normalized spacial score (nSPS) is 30.0. The van der Waals surface area contributed by atoms with Gasteiger partial charge in [0.1, 0.15) is 0 Å². The SMILES string of the molecule is O=C(O)[C@H]1CCC[C@H]1C(=O)N1CCCSCC1. The number of carboxylic acid groups (broad SMARTS) is 1. The molecule has 5 heteroatoms. The van der Waals surface area contributed by atoms with Gasteiger partial charge < -0.3 is 10.0 Å². The van der Waals surface area contributed by atoms with Gasteiger partial charge in [0.25, 0.3) is 0 Å². The molecule has 0 aromatic rings. The first kappa shape index (κ1) is 12.7. The zero-order valence-corrected chi connectivity index (χ0v) is 10.7. The second-order valence-corrected chi connectivity index (χ2v) is 6.00. The Morgan fingerprint density at radius 3 is 2.59 bits per heavy atom. The summed E-state index contributed by atoms with van der Waals surface area (Å²) in [5.74, 6) is 0.656. The van der Waals surface area contributed by atoms with E-state index < -0.39 is 11.9 Å². The second kappa shape index (κ2) is 5.76. The molecular weight excluding hydrogens is 238 g/mol. The van der Waals surface area contributed by atoms with E-state index in [1.807, 2.05) is 16.7 Å². The minimum Gasteiger partial charge on any atom is -0.481 e. The van der Waals surface area contributed by atoms with Crippen LogP contribution in [0.1, 0.15) is 25.7 Å². The van der Waals surface area contributed by atoms with Gasteiger partial charge in [-0.1, -0.05) is 6.42 Å². The van der Waals surface area contributed by atoms with Crippen molar-refractivity contribution < 1.29 is 14.7 Å². The molecule has 0 spiro atoms. The number of thioether (sulfide) groups is 1. The molecule has 96 valence electrons. The zero-order chi connectivity index (χ0) is 12.3. The van der Waals surface area contributed by atoms with Gasteiger partial charge in [-0.25, -0.2) is 0 Å². The summed E-state index contributed by atoms with van der Waals surface area (Å²) < 4.78 is 0. The fourth-order valence-electron chi connectivity index (χ4n) is 2.75. The largest absolute Gasteiger partial charge is 0.481 e. The molecule has 0 bridgehead atoms. The minimum absolute atomic E-state index is 0.0809. The van der Waals surface area contributed by atoms with Gasteiger partial charge >= 0.3 is 5.97 Å². The molecule has 2 atom stereocenters. The van der Waals surface area contributed by atoms with Crippen molar-refractivity contribution in [1.82, 2.24) is 4.90 Å². The summed E-state index contributed by atoms with van der Waals surface area (Å²) in [6.45, 7) is 1.58. The van der Waals surface area contributed by atoms with Gasteiger partial charge in [-0.15, -0.1) is 0 Å². The molecule has 2 aliphatic rings. The van der Waals surface area contributed by atoms with Gasteiger partial charge in [-0.05, 0) is 25.0 Å². The highest BCUT2D eigenvalue weighted by atomic mass is 32.2. The Morgan fingerprint density at radius 2 is 1.82 bits per heavy atom. The first-order valence-electron chi connectivity index (χ1n) is 6.29. The van der Waals surface area contributed by atoms with Crippen molar-refractivity contribution in [3.8, 4) is 0 Å². The van der Waals surface area contributed by atoms with Gasteiger partial charge in [0.2, 0.25) is 5.91 Å². The van der Waals surface area contributed by atoms with Crippen LogP contribution in [-0.4, -0.2) is 46.5 Å². The van der Waals surface area contributed by atoms with Crippen molar-refractivity contribution in [2.24, 2.45) is 11.8 Å². The summed E-state index contributed by atoms with van der Waals surface area (Å²) in [4.78, 5) is 25.3. The lowest BCUT2D eigenvalue weighted by atomic mass is 9.94. The first-order chi connectivity index (χ1) is 8.20. The van der Waals surface area contributed by atoms with Crippen LogP contribution >= 0.6 is 11.8 Å². The third kappa shape index (κ3) is 2.94. The number of hydrogen-bond donors (Lipinski definition) is 1. The maximum atomic E-state index is 12.3. The van der Waals surface area contributed by atoms with E-state index in [1.54, 1.807) is 0 Å². The fraction of sp³-hybridized carbons (Fsp3) is 0.833. The van der Waals surface area contributed by atoms with Crippen LogP contribution in [0.15, 0.2) is 0 Å². The number of carbonyl (C=O) groups is 2. The van der Waals surface area contributed by atoms with Gasteiger partial charge in [0, 0.05) is 18.8 Å². The Kier molecular flexibility index (Phi) is 4.31. The maximum absolute atomic E-state index is 12.3. The highest BCUT2D eigenvalue weighted by Crippen LogP contribution is 2.33. The molecule has 0 aromatic carbocycles. The van der Waals surface area contributed by atoms with Crippen LogP contribution in [0.2, 0.25) is 0 Å². The summed E-state index contributed by atoms with van der Waals surface area (Å²) in [5.41, 5.74) is 0. The molecule has 4 nitrogen and oxygen atoms in total. The van der Waals surface area contributed by atoms with E-state index in [1.165, 1.54) is 0 Å². The van der Waals surface area contributed by atoms with Crippen molar-refractivity contribution in [2.75, 3.05) is 24.6 Å². The molecular formula is C12H19NO3S. The van der Waals surface area contributed by atoms with Crippen molar-refractivity contribution >= 4 is 23.6 Å². The molecule has 0 radical (unpaired) electrons. The number of carbonyl (C=O) groups excluding carboxylic acids is 1. The van der Waals surface area contributed by atoms with Crippen LogP contribution in [0.4, 0.5) is 0 Å². The van der Waals surface area contributed by atoms with Gasteiger partial charge in [-0.2, -0.15) is 11.8 Å². The summed E-state index contributed by atoms with van der Waals surface area (Å²) >= 11 is 1.88. The van der Waals surface area contributed by atoms with Crippen LogP contribution in [0.25, 0.3) is 0 Å². The van der Waals surface area contributed by atoms with Crippen LogP contribution in [0.3, 0.4) is 0 Å². The van der Waals surface area contributed by atoms with Crippen LogP contribution in [0, 0.1) is 11.8 Å². The summed E-state index contributed by atoms with van der Waals surface area (Å²) in [6.07, 6.45) is 3.31. The van der Waals surface area contributed by atoms with Crippen LogP contribution < -0.4 is 0 Å². The molecule has 2 fully saturated rings. The monoisotopic (exact) mass is 257 g/mol. The molecule has 1 amide bonds. The number of amides is 1. The standard InChI is InChI=1S/C12H19NO3S/c14-11(13-5-2-7-17-8-6-13)9-3-1-4-10(9)12(15)16/h9-10H,1-8H2,(H,15,16)/t9-,10+/m1/s1. The summed E-state index contributed by atoms with van der Waals surface area (Å²) in [6, 6.07) is 0. The molecule has 0 unspecified atom stereocenters.